The second-order valence-electron chi connectivity index (χ2n) is 6.98. The number of fused-ring (bicyclic) bond motifs is 1. The maximum Gasteiger partial charge on any atom is 0.284 e. The number of hydrogen-bond donors (Lipinski definition) is 2. The SMILES string of the molecule is C=C(Cn1cnc2oc(C(N)=O)c(C)c2c1=O)N=NC.CC.CC[C@H](O)c1ccc(C)cc1. The minimum atomic E-state index is -0.740. The summed E-state index contributed by atoms with van der Waals surface area (Å²) in [7, 11) is 1.51. The first kappa shape index (κ1) is 27.4. The second-order valence-corrected chi connectivity index (χ2v) is 6.98. The van der Waals surface area contributed by atoms with Crippen molar-refractivity contribution in [1.29, 1.82) is 0 Å². The van der Waals surface area contributed by atoms with Crippen LogP contribution in [0.25, 0.3) is 11.1 Å². The van der Waals surface area contributed by atoms with Gasteiger partial charge in [0.15, 0.2) is 5.76 Å². The van der Waals surface area contributed by atoms with Crippen LogP contribution in [0.1, 0.15) is 60.5 Å². The van der Waals surface area contributed by atoms with Crippen molar-refractivity contribution in [3.8, 4) is 0 Å². The molecule has 9 heteroatoms. The van der Waals surface area contributed by atoms with Crippen LogP contribution >= 0.6 is 0 Å². The zero-order chi connectivity index (χ0) is 25.1. The molecule has 33 heavy (non-hydrogen) atoms. The summed E-state index contributed by atoms with van der Waals surface area (Å²) in [5.41, 5.74) is 7.94. The largest absolute Gasteiger partial charge is 0.432 e. The van der Waals surface area contributed by atoms with Crippen molar-refractivity contribution in [3.05, 3.63) is 75.7 Å². The van der Waals surface area contributed by atoms with Crippen LogP contribution in [-0.2, 0) is 6.54 Å². The molecule has 0 radical (unpaired) electrons. The van der Waals surface area contributed by atoms with E-state index in [2.05, 4.69) is 21.8 Å². The van der Waals surface area contributed by atoms with E-state index in [1.54, 1.807) is 6.92 Å². The first-order chi connectivity index (χ1) is 15.7. The van der Waals surface area contributed by atoms with Gasteiger partial charge in [-0.2, -0.15) is 10.2 Å². The van der Waals surface area contributed by atoms with E-state index in [1.165, 1.54) is 23.5 Å². The fraction of sp³-hybridized carbons (Fsp3) is 0.375. The van der Waals surface area contributed by atoms with Crippen LogP contribution in [0.3, 0.4) is 0 Å². The van der Waals surface area contributed by atoms with Gasteiger partial charge >= 0.3 is 0 Å². The molecule has 178 valence electrons. The average molecular weight is 456 g/mol. The first-order valence-corrected chi connectivity index (χ1v) is 10.7. The number of aliphatic hydroxyl groups is 1. The number of nitrogens with zero attached hydrogens (tertiary/aromatic N) is 4. The molecule has 0 aliphatic carbocycles. The Morgan fingerprint density at radius 2 is 1.88 bits per heavy atom. The summed E-state index contributed by atoms with van der Waals surface area (Å²) in [5, 5.41) is 17.0. The number of furan rings is 1. The van der Waals surface area contributed by atoms with Gasteiger partial charge in [0.25, 0.3) is 11.5 Å². The van der Waals surface area contributed by atoms with E-state index in [1.807, 2.05) is 52.0 Å². The highest BCUT2D eigenvalue weighted by atomic mass is 16.4. The Morgan fingerprint density at radius 3 is 2.39 bits per heavy atom. The van der Waals surface area contributed by atoms with Crippen molar-refractivity contribution in [2.45, 2.75) is 53.7 Å². The highest BCUT2D eigenvalue weighted by Gasteiger charge is 2.19. The molecule has 0 aliphatic heterocycles. The minimum absolute atomic E-state index is 0.0607. The molecule has 9 nitrogen and oxygen atoms in total. The number of carbonyl (C=O) groups is 1. The van der Waals surface area contributed by atoms with Crippen molar-refractivity contribution in [1.82, 2.24) is 9.55 Å². The van der Waals surface area contributed by atoms with Crippen molar-refractivity contribution in [3.63, 3.8) is 0 Å². The third-order valence-corrected chi connectivity index (χ3v) is 4.58. The Bertz CT molecular complexity index is 1160. The predicted molar refractivity (Wildman–Crippen MR) is 129 cm³/mol. The van der Waals surface area contributed by atoms with Crippen LogP contribution in [0.4, 0.5) is 0 Å². The molecule has 0 spiro atoms. The van der Waals surface area contributed by atoms with E-state index in [-0.39, 0.29) is 35.1 Å². The monoisotopic (exact) mass is 455 g/mol. The molecule has 2 aromatic heterocycles. The third kappa shape index (κ3) is 7.21. The lowest BCUT2D eigenvalue weighted by Crippen LogP contribution is -2.21. The van der Waals surface area contributed by atoms with Gasteiger partial charge in [0.05, 0.1) is 18.3 Å². The Labute approximate surface area is 193 Å². The standard InChI is InChI=1S/C12H13N5O3.C10H14O.C2H6/c1-6(16-14-3)4-17-5-15-11-8(12(17)19)7(2)9(20-11)10(13)18;1-3-10(11)9-6-4-8(2)5-7-9;1-2/h5H,1,4H2,2-3H3,(H2,13,18);4-7,10-11H,3H2,1-2H3;1-2H3/t;10-;/m.0./s1. The average Bonchev–Trinajstić information content (AvgIpc) is 3.15. The quantitative estimate of drug-likeness (QED) is 0.529. The van der Waals surface area contributed by atoms with Gasteiger partial charge in [-0.1, -0.05) is 57.2 Å². The second kappa shape index (κ2) is 13.1. The molecular formula is C24H33N5O4. The summed E-state index contributed by atoms with van der Waals surface area (Å²) in [5.74, 6) is -0.801. The zero-order valence-corrected chi connectivity index (χ0v) is 20.1. The number of benzene rings is 1. The lowest BCUT2D eigenvalue weighted by Gasteiger charge is -2.07. The number of amides is 1. The number of aromatic nitrogens is 2. The number of aliphatic hydroxyl groups excluding tert-OH is 1. The molecular weight excluding hydrogens is 422 g/mol. The van der Waals surface area contributed by atoms with E-state index in [0.717, 1.165) is 12.0 Å². The van der Waals surface area contributed by atoms with Gasteiger partial charge in [0, 0.05) is 12.6 Å². The Balaban J connectivity index is 0.000000354. The molecule has 1 aromatic carbocycles. The molecule has 3 aromatic rings. The number of carbonyl (C=O) groups excluding carboxylic acids is 1. The van der Waals surface area contributed by atoms with Crippen LogP contribution in [-0.4, -0.2) is 27.6 Å². The van der Waals surface area contributed by atoms with Crippen LogP contribution in [0.2, 0.25) is 0 Å². The summed E-state index contributed by atoms with van der Waals surface area (Å²) < 4.78 is 6.50. The van der Waals surface area contributed by atoms with Crippen molar-refractivity contribution in [2.75, 3.05) is 7.05 Å². The van der Waals surface area contributed by atoms with Gasteiger partial charge < -0.3 is 15.3 Å². The fourth-order valence-corrected chi connectivity index (χ4v) is 2.90. The van der Waals surface area contributed by atoms with E-state index < -0.39 is 5.91 Å². The number of primary amides is 1. The maximum atomic E-state index is 12.3. The van der Waals surface area contributed by atoms with Crippen molar-refractivity contribution in [2.24, 2.45) is 16.0 Å². The molecule has 1 amide bonds. The first-order valence-electron chi connectivity index (χ1n) is 10.7. The highest BCUT2D eigenvalue weighted by molar-refractivity contribution is 5.96. The number of aryl methyl sites for hydroxylation is 2. The lowest BCUT2D eigenvalue weighted by molar-refractivity contribution is 0.0975. The summed E-state index contributed by atoms with van der Waals surface area (Å²) in [6.07, 6.45) is 1.79. The number of hydrogen-bond acceptors (Lipinski definition) is 7. The number of nitrogens with two attached hydrogens (primary N) is 1. The Hall–Kier alpha value is -3.59. The van der Waals surface area contributed by atoms with Crippen molar-refractivity contribution < 1.29 is 14.3 Å². The Kier molecular flexibility index (Phi) is 10.9. The molecule has 0 fully saturated rings. The van der Waals surface area contributed by atoms with Crippen LogP contribution in [0.5, 0.6) is 0 Å². The van der Waals surface area contributed by atoms with Gasteiger partial charge in [-0.25, -0.2) is 4.98 Å². The highest BCUT2D eigenvalue weighted by Crippen LogP contribution is 2.20. The summed E-state index contributed by atoms with van der Waals surface area (Å²) in [6.45, 7) is 13.4. The van der Waals surface area contributed by atoms with Crippen LogP contribution < -0.4 is 11.3 Å². The minimum Gasteiger partial charge on any atom is -0.432 e. The van der Waals surface area contributed by atoms with E-state index >= 15 is 0 Å². The number of allylic oxidation sites excluding steroid dienone is 1. The van der Waals surface area contributed by atoms with Crippen molar-refractivity contribution >= 4 is 17.0 Å². The molecule has 3 rings (SSSR count). The number of azo groups is 1. The molecule has 0 saturated carbocycles. The molecule has 0 unspecified atom stereocenters. The predicted octanol–water partition coefficient (Wildman–Crippen LogP) is 4.46. The van der Waals surface area contributed by atoms with Gasteiger partial charge in [0.1, 0.15) is 11.7 Å². The summed E-state index contributed by atoms with van der Waals surface area (Å²) >= 11 is 0. The third-order valence-electron chi connectivity index (χ3n) is 4.58. The van der Waals surface area contributed by atoms with Crippen LogP contribution in [0.15, 0.2) is 62.3 Å². The van der Waals surface area contributed by atoms with Gasteiger partial charge in [-0.15, -0.1) is 0 Å². The van der Waals surface area contributed by atoms with Gasteiger partial charge in [-0.3, -0.25) is 14.2 Å². The molecule has 3 N–H and O–H groups in total. The fourth-order valence-electron chi connectivity index (χ4n) is 2.90. The molecule has 0 aliphatic rings. The maximum absolute atomic E-state index is 12.3. The topological polar surface area (TPSA) is 136 Å². The molecule has 0 bridgehead atoms. The molecule has 0 saturated heterocycles. The summed E-state index contributed by atoms with van der Waals surface area (Å²) in [6, 6.07) is 8.00. The molecule has 1 atom stereocenters. The van der Waals surface area contributed by atoms with Gasteiger partial charge in [-0.05, 0) is 25.8 Å². The lowest BCUT2D eigenvalue weighted by atomic mass is 10.1. The molecule has 2 heterocycles. The van der Waals surface area contributed by atoms with Gasteiger partial charge in [0.2, 0.25) is 5.71 Å². The zero-order valence-electron chi connectivity index (χ0n) is 20.1. The van der Waals surface area contributed by atoms with E-state index in [9.17, 15) is 14.7 Å². The normalized spacial score (nSPS) is 11.4. The Morgan fingerprint density at radius 1 is 1.27 bits per heavy atom. The van der Waals surface area contributed by atoms with Crippen LogP contribution in [0, 0.1) is 13.8 Å². The van der Waals surface area contributed by atoms with E-state index in [0.29, 0.717) is 11.3 Å². The number of rotatable bonds is 6. The summed E-state index contributed by atoms with van der Waals surface area (Å²) in [4.78, 5) is 27.5. The van der Waals surface area contributed by atoms with E-state index in [4.69, 9.17) is 10.2 Å². The smallest absolute Gasteiger partial charge is 0.284 e.